The summed E-state index contributed by atoms with van der Waals surface area (Å²) in [5.41, 5.74) is 8.06. The van der Waals surface area contributed by atoms with Crippen molar-refractivity contribution >= 4 is 22.7 Å². The Morgan fingerprint density at radius 1 is 1.26 bits per heavy atom. The number of nitrogens with zero attached hydrogens (tertiary/aromatic N) is 6. The van der Waals surface area contributed by atoms with Crippen molar-refractivity contribution in [2.45, 2.75) is 31.8 Å². The second-order valence-electron chi connectivity index (χ2n) is 8.13. The maximum absolute atomic E-state index is 13.9. The highest BCUT2D eigenvalue weighted by molar-refractivity contribution is 5.94. The zero-order chi connectivity index (χ0) is 23.8. The summed E-state index contributed by atoms with van der Waals surface area (Å²) in [4.78, 5) is 31.0. The molecule has 1 saturated carbocycles. The number of hydrogen-bond donors (Lipinski definition) is 2. The highest BCUT2D eigenvalue weighted by atomic mass is 16.5. The fraction of sp³-hybridized carbons (Fsp3) is 0.250. The number of rotatable bonds is 6. The Bertz CT molecular complexity index is 1500. The van der Waals surface area contributed by atoms with E-state index in [0.717, 1.165) is 24.0 Å². The lowest BCUT2D eigenvalue weighted by atomic mass is 10.0. The van der Waals surface area contributed by atoms with Crippen LogP contribution in [0.5, 0.6) is 5.88 Å². The van der Waals surface area contributed by atoms with Crippen LogP contribution in [-0.2, 0) is 0 Å². The second kappa shape index (κ2) is 8.44. The quantitative estimate of drug-likeness (QED) is 0.448. The van der Waals surface area contributed by atoms with E-state index in [1.54, 1.807) is 23.9 Å². The summed E-state index contributed by atoms with van der Waals surface area (Å²) in [5, 5.41) is 13.2. The molecule has 10 nitrogen and oxygen atoms in total. The molecule has 1 aromatic carbocycles. The Hall–Kier alpha value is -4.52. The van der Waals surface area contributed by atoms with Gasteiger partial charge in [0.2, 0.25) is 11.8 Å². The van der Waals surface area contributed by atoms with Crippen molar-refractivity contribution in [3.05, 3.63) is 64.5 Å². The normalized spacial score (nSPS) is 13.9. The third-order valence-electron chi connectivity index (χ3n) is 5.79. The standard InChI is InChI=1S/C24H22N8O2/c1-13(29-21-15(11-25)12-28-24(26)31-21)22-30-18-5-3-4-17(14-8-9-27-19(10-14)34-2)20(18)23(33)32(22)16-6-7-16/h3-5,8-10,12-13,16H,6-7H2,1-2H3,(H3,26,28,29,31). The number of nitrogen functional groups attached to an aromatic ring is 1. The van der Waals surface area contributed by atoms with E-state index in [0.29, 0.717) is 28.4 Å². The molecule has 0 amide bonds. The first-order valence-corrected chi connectivity index (χ1v) is 10.8. The number of nitriles is 1. The topological polar surface area (TPSA) is 145 Å². The van der Waals surface area contributed by atoms with Crippen molar-refractivity contribution in [3.8, 4) is 23.1 Å². The molecule has 5 rings (SSSR count). The maximum Gasteiger partial charge on any atom is 0.262 e. The van der Waals surface area contributed by atoms with Crippen LogP contribution < -0.4 is 21.3 Å². The van der Waals surface area contributed by atoms with Gasteiger partial charge in [0.15, 0.2) is 0 Å². The van der Waals surface area contributed by atoms with Crippen LogP contribution in [0.2, 0.25) is 0 Å². The summed E-state index contributed by atoms with van der Waals surface area (Å²) in [6.45, 7) is 1.88. The van der Waals surface area contributed by atoms with Gasteiger partial charge in [-0.2, -0.15) is 10.2 Å². The number of anilines is 2. The van der Waals surface area contributed by atoms with E-state index in [9.17, 15) is 10.1 Å². The molecule has 4 aromatic rings. The predicted octanol–water partition coefficient (Wildman–Crippen LogP) is 3.22. The molecule has 0 bridgehead atoms. The predicted molar refractivity (Wildman–Crippen MR) is 127 cm³/mol. The van der Waals surface area contributed by atoms with E-state index in [-0.39, 0.29) is 23.1 Å². The van der Waals surface area contributed by atoms with Gasteiger partial charge in [-0.3, -0.25) is 9.36 Å². The Morgan fingerprint density at radius 3 is 2.82 bits per heavy atom. The molecule has 1 fully saturated rings. The van der Waals surface area contributed by atoms with Gasteiger partial charge in [0.05, 0.1) is 30.3 Å². The molecule has 0 aliphatic heterocycles. The van der Waals surface area contributed by atoms with E-state index in [1.165, 1.54) is 6.20 Å². The molecule has 0 saturated heterocycles. The summed E-state index contributed by atoms with van der Waals surface area (Å²) in [6, 6.07) is 11.0. The van der Waals surface area contributed by atoms with E-state index in [4.69, 9.17) is 15.5 Å². The number of fused-ring (bicyclic) bond motifs is 1. The molecule has 1 atom stereocenters. The monoisotopic (exact) mass is 454 g/mol. The maximum atomic E-state index is 13.9. The minimum absolute atomic E-state index is 0.0529. The van der Waals surface area contributed by atoms with E-state index in [2.05, 4.69) is 26.3 Å². The average Bonchev–Trinajstić information content (AvgIpc) is 3.69. The van der Waals surface area contributed by atoms with Gasteiger partial charge in [-0.25, -0.2) is 15.0 Å². The van der Waals surface area contributed by atoms with Gasteiger partial charge in [-0.15, -0.1) is 0 Å². The van der Waals surface area contributed by atoms with Crippen LogP contribution in [0.1, 0.15) is 43.2 Å². The van der Waals surface area contributed by atoms with Crippen LogP contribution in [-0.4, -0.2) is 31.6 Å². The first-order chi connectivity index (χ1) is 16.5. The zero-order valence-electron chi connectivity index (χ0n) is 18.7. The molecule has 0 spiro atoms. The van der Waals surface area contributed by atoms with Gasteiger partial charge in [0.1, 0.15) is 23.3 Å². The van der Waals surface area contributed by atoms with Crippen molar-refractivity contribution in [2.75, 3.05) is 18.2 Å². The Balaban J connectivity index is 1.66. The first kappa shape index (κ1) is 21.3. The number of ether oxygens (including phenoxy) is 1. The molecule has 0 radical (unpaired) electrons. The van der Waals surface area contributed by atoms with Gasteiger partial charge in [0, 0.05) is 18.3 Å². The second-order valence-corrected chi connectivity index (χ2v) is 8.13. The van der Waals surface area contributed by atoms with Crippen LogP contribution in [0.4, 0.5) is 11.8 Å². The highest BCUT2D eigenvalue weighted by Crippen LogP contribution is 2.37. The lowest BCUT2D eigenvalue weighted by Crippen LogP contribution is -2.28. The third-order valence-corrected chi connectivity index (χ3v) is 5.79. The van der Waals surface area contributed by atoms with Crippen molar-refractivity contribution in [1.29, 1.82) is 5.26 Å². The SMILES string of the molecule is COc1cc(-c2cccc3nc(C(C)Nc4nc(N)ncc4C#N)n(C4CC4)c(=O)c23)ccn1. The lowest BCUT2D eigenvalue weighted by molar-refractivity contribution is 0.398. The molecule has 1 aliphatic rings. The van der Waals surface area contributed by atoms with Crippen molar-refractivity contribution < 1.29 is 4.74 Å². The molecular formula is C24H22N8O2. The smallest absolute Gasteiger partial charge is 0.262 e. The summed E-state index contributed by atoms with van der Waals surface area (Å²) >= 11 is 0. The first-order valence-electron chi connectivity index (χ1n) is 10.8. The van der Waals surface area contributed by atoms with Crippen LogP contribution in [0.25, 0.3) is 22.0 Å². The van der Waals surface area contributed by atoms with Crippen LogP contribution in [0, 0.1) is 11.3 Å². The van der Waals surface area contributed by atoms with Crippen molar-refractivity contribution in [3.63, 3.8) is 0 Å². The summed E-state index contributed by atoms with van der Waals surface area (Å²) in [7, 11) is 1.56. The highest BCUT2D eigenvalue weighted by Gasteiger charge is 2.31. The Labute approximate surface area is 195 Å². The molecule has 170 valence electrons. The minimum atomic E-state index is -0.413. The number of nitrogens with one attached hydrogen (secondary N) is 1. The number of benzene rings is 1. The number of methoxy groups -OCH3 is 1. The molecule has 10 heteroatoms. The lowest BCUT2D eigenvalue weighted by Gasteiger charge is -2.21. The number of nitrogens with two attached hydrogens (primary N) is 1. The van der Waals surface area contributed by atoms with E-state index >= 15 is 0 Å². The van der Waals surface area contributed by atoms with E-state index in [1.807, 2.05) is 31.2 Å². The van der Waals surface area contributed by atoms with Gasteiger partial charge in [-0.05, 0) is 43.0 Å². The van der Waals surface area contributed by atoms with Crippen LogP contribution in [0.15, 0.2) is 47.5 Å². The summed E-state index contributed by atoms with van der Waals surface area (Å²) in [6.07, 6.45) is 4.83. The summed E-state index contributed by atoms with van der Waals surface area (Å²) < 4.78 is 7.03. The number of aromatic nitrogens is 5. The number of hydrogen-bond acceptors (Lipinski definition) is 9. The molecule has 3 heterocycles. The molecule has 3 N–H and O–H groups in total. The zero-order valence-corrected chi connectivity index (χ0v) is 18.7. The largest absolute Gasteiger partial charge is 0.481 e. The average molecular weight is 454 g/mol. The molecule has 34 heavy (non-hydrogen) atoms. The fourth-order valence-electron chi connectivity index (χ4n) is 4.04. The fourth-order valence-corrected chi connectivity index (χ4v) is 4.04. The minimum Gasteiger partial charge on any atom is -0.481 e. The van der Waals surface area contributed by atoms with E-state index < -0.39 is 6.04 Å². The third kappa shape index (κ3) is 3.77. The molecular weight excluding hydrogens is 432 g/mol. The van der Waals surface area contributed by atoms with Gasteiger partial charge >= 0.3 is 0 Å². The Morgan fingerprint density at radius 2 is 2.09 bits per heavy atom. The summed E-state index contributed by atoms with van der Waals surface area (Å²) in [5.74, 6) is 1.40. The molecule has 1 aliphatic carbocycles. The van der Waals surface area contributed by atoms with Crippen LogP contribution in [0.3, 0.4) is 0 Å². The Kier molecular flexibility index (Phi) is 5.30. The number of pyridine rings is 1. The van der Waals surface area contributed by atoms with Crippen molar-refractivity contribution in [2.24, 2.45) is 0 Å². The molecule has 1 unspecified atom stereocenters. The molecule has 3 aromatic heterocycles. The van der Waals surface area contributed by atoms with Crippen LogP contribution >= 0.6 is 0 Å². The van der Waals surface area contributed by atoms with Gasteiger partial charge < -0.3 is 15.8 Å². The van der Waals surface area contributed by atoms with Crippen molar-refractivity contribution in [1.82, 2.24) is 24.5 Å². The van der Waals surface area contributed by atoms with Gasteiger partial charge in [-0.1, -0.05) is 12.1 Å². The van der Waals surface area contributed by atoms with Gasteiger partial charge in [0.25, 0.3) is 5.56 Å².